The van der Waals surface area contributed by atoms with Crippen LogP contribution in [0.5, 0.6) is 0 Å². The van der Waals surface area contributed by atoms with Gasteiger partial charge in [-0.15, -0.1) is 0 Å². The normalized spacial score (nSPS) is 29.4. The molecule has 1 atom stereocenters. The summed E-state index contributed by atoms with van der Waals surface area (Å²) in [5, 5.41) is 10.1. The molecule has 1 N–H and O–H groups in total. The molecule has 4 heteroatoms. The number of rotatable bonds is 3. The Morgan fingerprint density at radius 2 is 1.86 bits per heavy atom. The summed E-state index contributed by atoms with van der Waals surface area (Å²) < 4.78 is 11.8. The fourth-order valence-electron chi connectivity index (χ4n) is 2.41. The second-order valence-electron chi connectivity index (χ2n) is 6.70. The van der Waals surface area contributed by atoms with E-state index in [9.17, 15) is 5.11 Å². The van der Waals surface area contributed by atoms with E-state index in [4.69, 9.17) is 9.31 Å². The molecule has 0 amide bonds. The molecular weight excluding hydrogens is 263 g/mol. The van der Waals surface area contributed by atoms with E-state index < -0.39 is 0 Å². The lowest BCUT2D eigenvalue weighted by Gasteiger charge is -2.32. The van der Waals surface area contributed by atoms with Crippen molar-refractivity contribution < 1.29 is 14.4 Å². The predicted molar refractivity (Wildman–Crippen MR) is 87.1 cm³/mol. The minimum atomic E-state index is -0.308. The minimum absolute atomic E-state index is 0.233. The molecule has 0 aromatic heterocycles. The molecule has 0 saturated carbocycles. The summed E-state index contributed by atoms with van der Waals surface area (Å²) >= 11 is 0. The van der Waals surface area contributed by atoms with Gasteiger partial charge in [0, 0.05) is 17.8 Å². The van der Waals surface area contributed by atoms with Crippen molar-refractivity contribution in [1.29, 1.82) is 0 Å². The third-order valence-electron chi connectivity index (χ3n) is 4.48. The average molecular weight is 288 g/mol. The smallest absolute Gasteiger partial charge is 0.461 e. The summed E-state index contributed by atoms with van der Waals surface area (Å²) in [5.74, 6) is 0.538. The Hall–Kier alpha value is -1.26. The van der Waals surface area contributed by atoms with E-state index in [1.165, 1.54) is 0 Å². The van der Waals surface area contributed by atoms with Crippen LogP contribution in [-0.4, -0.2) is 23.4 Å². The van der Waals surface area contributed by atoms with E-state index in [0.717, 1.165) is 5.57 Å². The highest BCUT2D eigenvalue weighted by Gasteiger charge is 2.50. The van der Waals surface area contributed by atoms with Crippen LogP contribution < -0.4 is 0 Å². The molecule has 0 radical (unpaired) electrons. The van der Waals surface area contributed by atoms with Gasteiger partial charge in [0.05, 0.1) is 11.2 Å². The Labute approximate surface area is 128 Å². The van der Waals surface area contributed by atoms with Crippen molar-refractivity contribution in [3.05, 3.63) is 47.8 Å². The number of hydrogen-bond donors (Lipinski definition) is 1. The zero-order valence-corrected chi connectivity index (χ0v) is 13.6. The van der Waals surface area contributed by atoms with Crippen molar-refractivity contribution in [2.75, 3.05) is 0 Å². The lowest BCUT2D eigenvalue weighted by Crippen LogP contribution is -2.41. The Bertz CT molecular complexity index is 496. The molecule has 0 bridgehead atoms. The lowest BCUT2D eigenvalue weighted by molar-refractivity contribution is 0.00578. The predicted octanol–water partition coefficient (Wildman–Crippen LogP) is 4.21. The maximum Gasteiger partial charge on any atom is 0.461 e. The SMILES string of the molecule is CC1C=CC=C/C1=C(O)/C=C\CB1OC(C)(C)C(C)(C)O1. The van der Waals surface area contributed by atoms with Crippen LogP contribution in [0.1, 0.15) is 34.6 Å². The molecule has 2 rings (SSSR count). The lowest BCUT2D eigenvalue weighted by atomic mass is 9.84. The Balaban J connectivity index is 1.97. The first-order valence-corrected chi connectivity index (χ1v) is 7.53. The van der Waals surface area contributed by atoms with Gasteiger partial charge in [0.2, 0.25) is 0 Å². The third kappa shape index (κ3) is 3.50. The molecule has 2 aliphatic rings. The Morgan fingerprint density at radius 1 is 1.24 bits per heavy atom. The van der Waals surface area contributed by atoms with Crippen molar-refractivity contribution in [3.8, 4) is 0 Å². The highest BCUT2D eigenvalue weighted by molar-refractivity contribution is 6.46. The fraction of sp³-hybridized carbons (Fsp3) is 0.529. The van der Waals surface area contributed by atoms with Crippen LogP contribution >= 0.6 is 0 Å². The van der Waals surface area contributed by atoms with Gasteiger partial charge in [0.25, 0.3) is 0 Å². The Kier molecular flexibility index (Phi) is 4.50. The summed E-state index contributed by atoms with van der Waals surface area (Å²) in [6, 6.07) is 0. The van der Waals surface area contributed by atoms with Crippen LogP contribution in [0, 0.1) is 5.92 Å². The first-order valence-electron chi connectivity index (χ1n) is 7.53. The van der Waals surface area contributed by atoms with Crippen LogP contribution in [0.25, 0.3) is 0 Å². The Morgan fingerprint density at radius 3 is 2.43 bits per heavy atom. The van der Waals surface area contributed by atoms with Gasteiger partial charge >= 0.3 is 7.12 Å². The monoisotopic (exact) mass is 288 g/mol. The van der Waals surface area contributed by atoms with Gasteiger partial charge < -0.3 is 14.4 Å². The van der Waals surface area contributed by atoms with Gasteiger partial charge in [-0.1, -0.05) is 37.3 Å². The number of allylic oxidation sites excluding steroid dienone is 7. The average Bonchev–Trinajstić information content (AvgIpc) is 2.58. The van der Waals surface area contributed by atoms with E-state index in [0.29, 0.717) is 12.1 Å². The highest BCUT2D eigenvalue weighted by atomic mass is 16.7. The number of aliphatic hydroxyl groups excluding tert-OH is 1. The van der Waals surface area contributed by atoms with Crippen molar-refractivity contribution >= 4 is 7.12 Å². The molecule has 114 valence electrons. The molecule has 1 fully saturated rings. The molecule has 0 aromatic rings. The molecule has 3 nitrogen and oxygen atoms in total. The van der Waals surface area contributed by atoms with Gasteiger partial charge in [-0.25, -0.2) is 0 Å². The van der Waals surface area contributed by atoms with Crippen molar-refractivity contribution in [3.63, 3.8) is 0 Å². The third-order valence-corrected chi connectivity index (χ3v) is 4.48. The van der Waals surface area contributed by atoms with E-state index in [2.05, 4.69) is 13.0 Å². The van der Waals surface area contributed by atoms with E-state index in [1.54, 1.807) is 6.08 Å². The van der Waals surface area contributed by atoms with Gasteiger partial charge in [-0.3, -0.25) is 0 Å². The maximum atomic E-state index is 10.1. The molecule has 1 unspecified atom stereocenters. The summed E-state index contributed by atoms with van der Waals surface area (Å²) in [5.41, 5.74) is 0.317. The van der Waals surface area contributed by atoms with Crippen molar-refractivity contribution in [2.45, 2.75) is 52.1 Å². The van der Waals surface area contributed by atoms with Crippen LogP contribution in [0.4, 0.5) is 0 Å². The summed E-state index contributed by atoms with van der Waals surface area (Å²) in [6.45, 7) is 10.2. The quantitative estimate of drug-likeness (QED) is 0.624. The highest BCUT2D eigenvalue weighted by Crippen LogP contribution is 2.37. The molecule has 1 saturated heterocycles. The van der Waals surface area contributed by atoms with Crippen LogP contribution in [-0.2, 0) is 9.31 Å². The second kappa shape index (κ2) is 5.86. The molecule has 0 aromatic carbocycles. The standard InChI is InChI=1S/C17H25BO3/c1-13-9-6-7-10-14(13)15(19)11-8-12-18-20-16(2,3)17(4,5)21-18/h6-11,13,19H,12H2,1-5H3/b11-8-,15-14+. The van der Waals surface area contributed by atoms with Gasteiger partial charge in [-0.2, -0.15) is 0 Å². The van der Waals surface area contributed by atoms with E-state index in [-0.39, 0.29) is 24.2 Å². The molecule has 21 heavy (non-hydrogen) atoms. The largest absolute Gasteiger partial charge is 0.508 e. The van der Waals surface area contributed by atoms with E-state index in [1.807, 2.05) is 52.0 Å². The first kappa shape index (κ1) is 16.1. The zero-order chi connectivity index (χ0) is 15.7. The van der Waals surface area contributed by atoms with Gasteiger partial charge in [0.15, 0.2) is 0 Å². The maximum absolute atomic E-state index is 10.1. The van der Waals surface area contributed by atoms with Crippen LogP contribution in [0.3, 0.4) is 0 Å². The van der Waals surface area contributed by atoms with Crippen molar-refractivity contribution in [1.82, 2.24) is 0 Å². The summed E-state index contributed by atoms with van der Waals surface area (Å²) in [4.78, 5) is 0. The summed E-state index contributed by atoms with van der Waals surface area (Å²) in [6.07, 6.45) is 12.2. The fourth-order valence-corrected chi connectivity index (χ4v) is 2.41. The first-order chi connectivity index (χ1) is 9.73. The minimum Gasteiger partial charge on any atom is -0.508 e. The molecule has 1 heterocycles. The second-order valence-corrected chi connectivity index (χ2v) is 6.70. The van der Waals surface area contributed by atoms with E-state index >= 15 is 0 Å². The molecule has 0 spiro atoms. The molecular formula is C17H25BO3. The zero-order valence-electron chi connectivity index (χ0n) is 13.6. The van der Waals surface area contributed by atoms with Crippen LogP contribution in [0.2, 0.25) is 6.32 Å². The summed E-state index contributed by atoms with van der Waals surface area (Å²) in [7, 11) is -0.261. The van der Waals surface area contributed by atoms with Gasteiger partial charge in [0.1, 0.15) is 5.76 Å². The van der Waals surface area contributed by atoms with Crippen molar-refractivity contribution in [2.24, 2.45) is 5.92 Å². The topological polar surface area (TPSA) is 38.7 Å². The van der Waals surface area contributed by atoms with Crippen LogP contribution in [0.15, 0.2) is 47.8 Å². The molecule has 1 aliphatic heterocycles. The number of aliphatic hydroxyl groups is 1. The molecule has 1 aliphatic carbocycles. The number of hydrogen-bond acceptors (Lipinski definition) is 3. The van der Waals surface area contributed by atoms with Gasteiger partial charge in [-0.05, 0) is 33.8 Å².